The van der Waals surface area contributed by atoms with E-state index in [1.54, 1.807) is 0 Å². The number of rotatable bonds is 2. The lowest BCUT2D eigenvalue weighted by Crippen LogP contribution is -2.35. The molecule has 0 fully saturated rings. The van der Waals surface area contributed by atoms with Crippen LogP contribution in [0.1, 0.15) is 43.9 Å². The van der Waals surface area contributed by atoms with Gasteiger partial charge in [-0.15, -0.1) is 0 Å². The van der Waals surface area contributed by atoms with E-state index < -0.39 is 0 Å². The highest BCUT2D eigenvalue weighted by atomic mass is 16.2. The van der Waals surface area contributed by atoms with Crippen LogP contribution in [0.15, 0.2) is 24.3 Å². The van der Waals surface area contributed by atoms with Crippen LogP contribution in [0, 0.1) is 5.92 Å². The van der Waals surface area contributed by atoms with E-state index in [2.05, 4.69) is 24.3 Å². The minimum absolute atomic E-state index is 0.0779. The molecular weight excluding hydrogens is 210 g/mol. The molecular formula is C15H21NO. The zero-order chi connectivity index (χ0) is 12.4. The van der Waals surface area contributed by atoms with Gasteiger partial charge in [0.05, 0.1) is 6.04 Å². The number of nitrogens with zero attached hydrogens (tertiary/aromatic N) is 1. The molecule has 1 atom stereocenters. The third kappa shape index (κ3) is 2.36. The van der Waals surface area contributed by atoms with E-state index in [0.29, 0.717) is 0 Å². The van der Waals surface area contributed by atoms with Crippen molar-refractivity contribution in [3.8, 4) is 0 Å². The Kier molecular flexibility index (Phi) is 3.51. The fourth-order valence-corrected chi connectivity index (χ4v) is 2.69. The summed E-state index contributed by atoms with van der Waals surface area (Å²) in [5, 5.41) is 0. The maximum absolute atomic E-state index is 12.1. The van der Waals surface area contributed by atoms with E-state index in [1.807, 2.05) is 25.8 Å². The molecule has 0 spiro atoms. The third-order valence-electron chi connectivity index (χ3n) is 3.65. The molecule has 1 unspecified atom stereocenters. The number of aryl methyl sites for hydroxylation is 1. The summed E-state index contributed by atoms with van der Waals surface area (Å²) in [6, 6.07) is 8.80. The SMILES string of the molecule is CC(C)C(=O)N(C)C1CCCc2ccccc21. The summed E-state index contributed by atoms with van der Waals surface area (Å²) < 4.78 is 0. The van der Waals surface area contributed by atoms with Crippen LogP contribution in [0.2, 0.25) is 0 Å². The molecule has 2 rings (SSSR count). The van der Waals surface area contributed by atoms with Crippen molar-refractivity contribution < 1.29 is 4.79 Å². The molecule has 1 amide bonds. The van der Waals surface area contributed by atoms with Gasteiger partial charge in [-0.3, -0.25) is 4.79 Å². The number of fused-ring (bicyclic) bond motifs is 1. The normalized spacial score (nSPS) is 18.9. The van der Waals surface area contributed by atoms with Crippen LogP contribution in [-0.2, 0) is 11.2 Å². The van der Waals surface area contributed by atoms with Crippen LogP contribution in [0.4, 0.5) is 0 Å². The van der Waals surface area contributed by atoms with Crippen molar-refractivity contribution in [1.29, 1.82) is 0 Å². The molecule has 0 saturated heterocycles. The second kappa shape index (κ2) is 4.91. The lowest BCUT2D eigenvalue weighted by molar-refractivity contribution is -0.135. The average Bonchev–Trinajstić information content (AvgIpc) is 2.36. The van der Waals surface area contributed by atoms with Crippen molar-refractivity contribution >= 4 is 5.91 Å². The summed E-state index contributed by atoms with van der Waals surface area (Å²) in [5.74, 6) is 0.320. The van der Waals surface area contributed by atoms with Gasteiger partial charge < -0.3 is 4.90 Å². The maximum atomic E-state index is 12.1. The van der Waals surface area contributed by atoms with E-state index in [4.69, 9.17) is 0 Å². The topological polar surface area (TPSA) is 20.3 Å². The minimum Gasteiger partial charge on any atom is -0.338 e. The number of amides is 1. The van der Waals surface area contributed by atoms with Gasteiger partial charge >= 0.3 is 0 Å². The fourth-order valence-electron chi connectivity index (χ4n) is 2.69. The molecule has 0 saturated carbocycles. The smallest absolute Gasteiger partial charge is 0.225 e. The zero-order valence-electron chi connectivity index (χ0n) is 10.9. The number of hydrogen-bond donors (Lipinski definition) is 0. The molecule has 0 heterocycles. The van der Waals surface area contributed by atoms with Crippen LogP contribution in [0.25, 0.3) is 0 Å². The van der Waals surface area contributed by atoms with Crippen LogP contribution in [0.5, 0.6) is 0 Å². The molecule has 2 heteroatoms. The monoisotopic (exact) mass is 231 g/mol. The predicted molar refractivity (Wildman–Crippen MR) is 69.7 cm³/mol. The molecule has 0 radical (unpaired) electrons. The number of hydrogen-bond acceptors (Lipinski definition) is 1. The van der Waals surface area contributed by atoms with Crippen LogP contribution in [0.3, 0.4) is 0 Å². The summed E-state index contributed by atoms with van der Waals surface area (Å²) in [7, 11) is 1.94. The molecule has 0 aliphatic heterocycles. The first-order valence-electron chi connectivity index (χ1n) is 6.45. The van der Waals surface area contributed by atoms with Gasteiger partial charge in [-0.05, 0) is 30.4 Å². The van der Waals surface area contributed by atoms with Crippen molar-refractivity contribution in [3.05, 3.63) is 35.4 Å². The summed E-state index contributed by atoms with van der Waals surface area (Å²) in [5.41, 5.74) is 2.75. The predicted octanol–water partition coefficient (Wildman–Crippen LogP) is 3.18. The molecule has 2 nitrogen and oxygen atoms in total. The summed E-state index contributed by atoms with van der Waals surface area (Å²) in [6.07, 6.45) is 3.42. The van der Waals surface area contributed by atoms with Gasteiger partial charge in [-0.2, -0.15) is 0 Å². The first kappa shape index (κ1) is 12.2. The molecule has 1 aromatic carbocycles. The largest absolute Gasteiger partial charge is 0.338 e. The standard InChI is InChI=1S/C15H21NO/c1-11(2)15(17)16(3)14-10-6-8-12-7-4-5-9-13(12)14/h4-5,7,9,11,14H,6,8,10H2,1-3H3. The van der Waals surface area contributed by atoms with Crippen molar-refractivity contribution in [1.82, 2.24) is 4.90 Å². The molecule has 0 bridgehead atoms. The first-order valence-corrected chi connectivity index (χ1v) is 6.45. The fraction of sp³-hybridized carbons (Fsp3) is 0.533. The van der Waals surface area contributed by atoms with E-state index in [9.17, 15) is 4.79 Å². The van der Waals surface area contributed by atoms with Crippen molar-refractivity contribution in [2.45, 2.75) is 39.2 Å². The molecule has 0 N–H and O–H groups in total. The van der Waals surface area contributed by atoms with Crippen LogP contribution in [-0.4, -0.2) is 17.9 Å². The highest BCUT2D eigenvalue weighted by Crippen LogP contribution is 2.33. The van der Waals surface area contributed by atoms with Gasteiger partial charge in [0, 0.05) is 13.0 Å². The Morgan fingerprint density at radius 2 is 2.06 bits per heavy atom. The Hall–Kier alpha value is -1.31. The third-order valence-corrected chi connectivity index (χ3v) is 3.65. The molecule has 0 aromatic heterocycles. The maximum Gasteiger partial charge on any atom is 0.225 e. The molecule has 1 aliphatic rings. The van der Waals surface area contributed by atoms with Crippen molar-refractivity contribution in [2.75, 3.05) is 7.05 Å². The Labute approximate surface area is 104 Å². The van der Waals surface area contributed by atoms with E-state index in [1.165, 1.54) is 17.5 Å². The van der Waals surface area contributed by atoms with E-state index in [-0.39, 0.29) is 17.9 Å². The second-order valence-corrected chi connectivity index (χ2v) is 5.21. The average molecular weight is 231 g/mol. The number of benzene rings is 1. The van der Waals surface area contributed by atoms with Crippen molar-refractivity contribution in [3.63, 3.8) is 0 Å². The lowest BCUT2D eigenvalue weighted by Gasteiger charge is -2.34. The van der Waals surface area contributed by atoms with Gasteiger partial charge in [-0.1, -0.05) is 38.1 Å². The number of carbonyl (C=O) groups is 1. The Morgan fingerprint density at radius 1 is 1.35 bits per heavy atom. The summed E-state index contributed by atoms with van der Waals surface area (Å²) >= 11 is 0. The Bertz CT molecular complexity index is 411. The molecule has 92 valence electrons. The molecule has 1 aromatic rings. The van der Waals surface area contributed by atoms with Gasteiger partial charge in [0.2, 0.25) is 5.91 Å². The lowest BCUT2D eigenvalue weighted by atomic mass is 9.86. The van der Waals surface area contributed by atoms with E-state index in [0.717, 1.165) is 12.8 Å². The van der Waals surface area contributed by atoms with Gasteiger partial charge in [0.1, 0.15) is 0 Å². The van der Waals surface area contributed by atoms with Crippen molar-refractivity contribution in [2.24, 2.45) is 5.92 Å². The van der Waals surface area contributed by atoms with E-state index >= 15 is 0 Å². The first-order chi connectivity index (χ1) is 8.11. The number of carbonyl (C=O) groups excluding carboxylic acids is 1. The molecule has 1 aliphatic carbocycles. The Morgan fingerprint density at radius 3 is 2.76 bits per heavy atom. The Balaban J connectivity index is 2.26. The van der Waals surface area contributed by atoms with Gasteiger partial charge in [0.25, 0.3) is 0 Å². The highest BCUT2D eigenvalue weighted by molar-refractivity contribution is 5.78. The minimum atomic E-state index is 0.0779. The second-order valence-electron chi connectivity index (χ2n) is 5.21. The quantitative estimate of drug-likeness (QED) is 0.765. The summed E-state index contributed by atoms with van der Waals surface area (Å²) in [4.78, 5) is 14.0. The highest BCUT2D eigenvalue weighted by Gasteiger charge is 2.27. The molecule has 17 heavy (non-hydrogen) atoms. The zero-order valence-corrected chi connectivity index (χ0v) is 10.9. The van der Waals surface area contributed by atoms with Crippen LogP contribution >= 0.6 is 0 Å². The summed E-state index contributed by atoms with van der Waals surface area (Å²) in [6.45, 7) is 3.93. The van der Waals surface area contributed by atoms with Crippen LogP contribution < -0.4 is 0 Å². The van der Waals surface area contributed by atoms with Gasteiger partial charge in [0.15, 0.2) is 0 Å². The van der Waals surface area contributed by atoms with Gasteiger partial charge in [-0.25, -0.2) is 0 Å².